The standard InChI is InChI=1S/C29H32N4O4S2/c1-6-33-23(16-37-21-14-12-20(13-15-21)29(2,3)4)31-32-28(33)39-18-24(34)30-26-25(27(35)36-5)22(17-38-26)19-10-8-7-9-11-19/h7-15,17H,6,16,18H2,1-5H3,(H,30,34). The summed E-state index contributed by atoms with van der Waals surface area (Å²) in [5, 5.41) is 14.3. The average Bonchev–Trinajstić information content (AvgIpc) is 3.54. The van der Waals surface area contributed by atoms with Crippen LogP contribution in [0.3, 0.4) is 0 Å². The number of thiophene rings is 1. The molecule has 4 aromatic rings. The first-order chi connectivity index (χ1) is 18.7. The van der Waals surface area contributed by atoms with E-state index < -0.39 is 5.97 Å². The van der Waals surface area contributed by atoms with Crippen molar-refractivity contribution in [1.29, 1.82) is 0 Å². The van der Waals surface area contributed by atoms with Crippen molar-refractivity contribution in [3.05, 3.63) is 76.9 Å². The second-order valence-corrected chi connectivity index (χ2v) is 11.6. The van der Waals surface area contributed by atoms with Crippen LogP contribution in [0.15, 0.2) is 65.1 Å². The lowest BCUT2D eigenvalue weighted by atomic mass is 9.87. The molecular formula is C29H32N4O4S2. The van der Waals surface area contributed by atoms with Crippen LogP contribution in [0.5, 0.6) is 5.75 Å². The number of carbonyl (C=O) groups excluding carboxylic acids is 2. The normalized spacial score (nSPS) is 11.3. The molecule has 4 rings (SSSR count). The molecule has 39 heavy (non-hydrogen) atoms. The summed E-state index contributed by atoms with van der Waals surface area (Å²) < 4.78 is 12.9. The van der Waals surface area contributed by atoms with E-state index in [4.69, 9.17) is 9.47 Å². The number of ether oxygens (including phenoxy) is 2. The van der Waals surface area contributed by atoms with E-state index in [1.807, 2.05) is 59.3 Å². The third kappa shape index (κ3) is 6.88. The summed E-state index contributed by atoms with van der Waals surface area (Å²) in [7, 11) is 1.33. The molecule has 2 heterocycles. The van der Waals surface area contributed by atoms with Gasteiger partial charge >= 0.3 is 5.97 Å². The van der Waals surface area contributed by atoms with Crippen LogP contribution >= 0.6 is 23.1 Å². The van der Waals surface area contributed by atoms with E-state index >= 15 is 0 Å². The quantitative estimate of drug-likeness (QED) is 0.175. The Bertz CT molecular complexity index is 1420. The summed E-state index contributed by atoms with van der Waals surface area (Å²) >= 11 is 2.57. The number of amides is 1. The summed E-state index contributed by atoms with van der Waals surface area (Å²) in [5.74, 6) is 0.788. The van der Waals surface area contributed by atoms with Gasteiger partial charge in [-0.15, -0.1) is 21.5 Å². The fourth-order valence-electron chi connectivity index (χ4n) is 3.93. The van der Waals surface area contributed by atoms with Crippen LogP contribution in [-0.2, 0) is 28.1 Å². The van der Waals surface area contributed by atoms with E-state index in [2.05, 4.69) is 48.4 Å². The van der Waals surface area contributed by atoms with Crippen molar-refractivity contribution in [3.8, 4) is 16.9 Å². The fourth-order valence-corrected chi connectivity index (χ4v) is 5.72. The minimum atomic E-state index is -0.499. The van der Waals surface area contributed by atoms with E-state index in [9.17, 15) is 9.59 Å². The number of nitrogens with one attached hydrogen (secondary N) is 1. The molecule has 0 aliphatic carbocycles. The molecule has 0 bridgehead atoms. The van der Waals surface area contributed by atoms with Gasteiger partial charge in [0.1, 0.15) is 22.9 Å². The Morgan fingerprint density at radius 2 is 1.77 bits per heavy atom. The first kappa shape index (κ1) is 28.4. The zero-order valence-corrected chi connectivity index (χ0v) is 24.3. The van der Waals surface area contributed by atoms with Gasteiger partial charge in [-0.1, -0.05) is 75.0 Å². The minimum absolute atomic E-state index is 0.0773. The highest BCUT2D eigenvalue weighted by Gasteiger charge is 2.23. The zero-order valence-electron chi connectivity index (χ0n) is 22.7. The Labute approximate surface area is 236 Å². The Kier molecular flexibility index (Phi) is 9.08. The summed E-state index contributed by atoms with van der Waals surface area (Å²) in [6.07, 6.45) is 0. The number of rotatable bonds is 10. The lowest BCUT2D eigenvalue weighted by Crippen LogP contribution is -2.16. The third-order valence-corrected chi connectivity index (χ3v) is 7.91. The molecule has 0 fully saturated rings. The molecule has 0 saturated heterocycles. The number of benzene rings is 2. The number of anilines is 1. The lowest BCUT2D eigenvalue weighted by molar-refractivity contribution is -0.113. The molecule has 204 valence electrons. The van der Waals surface area contributed by atoms with Gasteiger partial charge in [-0.25, -0.2) is 4.79 Å². The minimum Gasteiger partial charge on any atom is -0.486 e. The molecule has 0 saturated carbocycles. The molecule has 0 aliphatic heterocycles. The van der Waals surface area contributed by atoms with E-state index in [0.717, 1.165) is 16.9 Å². The fraction of sp³-hybridized carbons (Fsp3) is 0.310. The predicted molar refractivity (Wildman–Crippen MR) is 156 cm³/mol. The van der Waals surface area contributed by atoms with Crippen molar-refractivity contribution in [2.45, 2.75) is 51.4 Å². The van der Waals surface area contributed by atoms with Crippen LogP contribution in [0.2, 0.25) is 0 Å². The van der Waals surface area contributed by atoms with Gasteiger partial charge in [0.2, 0.25) is 5.91 Å². The Balaban J connectivity index is 1.39. The molecule has 0 radical (unpaired) electrons. The zero-order chi connectivity index (χ0) is 28.0. The molecular weight excluding hydrogens is 532 g/mol. The molecule has 1 N–H and O–H groups in total. The van der Waals surface area contributed by atoms with Crippen LogP contribution in [0.4, 0.5) is 5.00 Å². The first-order valence-corrected chi connectivity index (χ1v) is 14.4. The van der Waals surface area contributed by atoms with Crippen LogP contribution in [0.25, 0.3) is 11.1 Å². The molecule has 1 amide bonds. The SMILES string of the molecule is CCn1c(COc2ccc(C(C)(C)C)cc2)nnc1SCC(=O)Nc1scc(-c2ccccc2)c1C(=O)OC. The Hall–Kier alpha value is -3.63. The van der Waals surface area contributed by atoms with Crippen LogP contribution in [0, 0.1) is 0 Å². The van der Waals surface area contributed by atoms with Gasteiger partial charge in [-0.3, -0.25) is 4.79 Å². The summed E-state index contributed by atoms with van der Waals surface area (Å²) in [6.45, 7) is 9.42. The van der Waals surface area contributed by atoms with E-state index in [0.29, 0.717) is 28.1 Å². The molecule has 8 nitrogen and oxygen atoms in total. The molecule has 0 atom stereocenters. The van der Waals surface area contributed by atoms with Gasteiger partial charge in [0.25, 0.3) is 0 Å². The third-order valence-electron chi connectivity index (χ3n) is 6.05. The Morgan fingerprint density at radius 3 is 2.41 bits per heavy atom. The van der Waals surface area contributed by atoms with Crippen molar-refractivity contribution in [2.24, 2.45) is 0 Å². The number of hydrogen-bond acceptors (Lipinski definition) is 8. The van der Waals surface area contributed by atoms with Crippen molar-refractivity contribution in [1.82, 2.24) is 14.8 Å². The van der Waals surface area contributed by atoms with Crippen molar-refractivity contribution < 1.29 is 19.1 Å². The highest BCUT2D eigenvalue weighted by atomic mass is 32.2. The molecule has 0 aliphatic rings. The number of thioether (sulfide) groups is 1. The number of carbonyl (C=O) groups is 2. The predicted octanol–water partition coefficient (Wildman–Crippen LogP) is 6.42. The lowest BCUT2D eigenvalue weighted by Gasteiger charge is -2.19. The highest BCUT2D eigenvalue weighted by molar-refractivity contribution is 7.99. The smallest absolute Gasteiger partial charge is 0.341 e. The van der Waals surface area contributed by atoms with Gasteiger partial charge in [-0.05, 0) is 35.6 Å². The van der Waals surface area contributed by atoms with Gasteiger partial charge in [0, 0.05) is 17.5 Å². The van der Waals surface area contributed by atoms with E-state index in [1.54, 1.807) is 0 Å². The van der Waals surface area contributed by atoms with Crippen LogP contribution in [-0.4, -0.2) is 39.5 Å². The van der Waals surface area contributed by atoms with Crippen LogP contribution < -0.4 is 10.1 Å². The van der Waals surface area contributed by atoms with Crippen LogP contribution in [0.1, 0.15) is 49.4 Å². The first-order valence-electron chi connectivity index (χ1n) is 12.5. The Morgan fingerprint density at radius 1 is 1.05 bits per heavy atom. The number of methoxy groups -OCH3 is 1. The summed E-state index contributed by atoms with van der Waals surface area (Å²) in [4.78, 5) is 25.4. The molecule has 2 aromatic carbocycles. The van der Waals surface area contributed by atoms with E-state index in [-0.39, 0.29) is 23.7 Å². The molecule has 0 unspecified atom stereocenters. The van der Waals surface area contributed by atoms with E-state index in [1.165, 1.54) is 35.8 Å². The second kappa shape index (κ2) is 12.5. The number of aromatic nitrogens is 3. The van der Waals surface area contributed by atoms with Gasteiger partial charge in [0.15, 0.2) is 11.0 Å². The van der Waals surface area contributed by atoms with Crippen molar-refractivity contribution in [3.63, 3.8) is 0 Å². The maximum atomic E-state index is 12.9. The van der Waals surface area contributed by atoms with Gasteiger partial charge in [-0.2, -0.15) is 0 Å². The number of esters is 1. The highest BCUT2D eigenvalue weighted by Crippen LogP contribution is 2.36. The second-order valence-electron chi connectivity index (χ2n) is 9.75. The van der Waals surface area contributed by atoms with Crippen molar-refractivity contribution >= 4 is 40.0 Å². The summed E-state index contributed by atoms with van der Waals surface area (Å²) in [6, 6.07) is 17.6. The monoisotopic (exact) mass is 564 g/mol. The van der Waals surface area contributed by atoms with Gasteiger partial charge < -0.3 is 19.4 Å². The largest absolute Gasteiger partial charge is 0.486 e. The topological polar surface area (TPSA) is 95.3 Å². The number of nitrogens with zero attached hydrogens (tertiary/aromatic N) is 3. The molecule has 0 spiro atoms. The van der Waals surface area contributed by atoms with Gasteiger partial charge in [0.05, 0.1) is 12.9 Å². The maximum Gasteiger partial charge on any atom is 0.341 e. The molecule has 10 heteroatoms. The number of hydrogen-bond donors (Lipinski definition) is 1. The summed E-state index contributed by atoms with van der Waals surface area (Å²) in [5.41, 5.74) is 3.26. The van der Waals surface area contributed by atoms with Crippen molar-refractivity contribution in [2.75, 3.05) is 18.2 Å². The maximum absolute atomic E-state index is 12.9. The average molecular weight is 565 g/mol. The molecule has 2 aromatic heterocycles.